The van der Waals surface area contributed by atoms with Crippen molar-refractivity contribution in [2.75, 3.05) is 22.7 Å². The lowest BCUT2D eigenvalue weighted by atomic mass is 10.2. The number of benzene rings is 1. The van der Waals surface area contributed by atoms with Gasteiger partial charge in [-0.25, -0.2) is 17.8 Å². The van der Waals surface area contributed by atoms with Gasteiger partial charge < -0.3 is 9.64 Å². The second kappa shape index (κ2) is 7.38. The zero-order valence-electron chi connectivity index (χ0n) is 14.3. The molecule has 0 unspecified atom stereocenters. The monoisotopic (exact) mass is 399 g/mol. The number of aromatic nitrogens is 1. The summed E-state index contributed by atoms with van der Waals surface area (Å²) in [6, 6.07) is 6.97. The number of hydrogen-bond acceptors (Lipinski definition) is 5. The fourth-order valence-corrected chi connectivity index (χ4v) is 4.04. The summed E-state index contributed by atoms with van der Waals surface area (Å²) < 4.78 is 47.3. The number of sulfonamides is 1. The van der Waals surface area contributed by atoms with Gasteiger partial charge in [-0.2, -0.15) is 0 Å². The van der Waals surface area contributed by atoms with Crippen LogP contribution >= 0.6 is 11.6 Å². The van der Waals surface area contributed by atoms with Gasteiger partial charge in [-0.1, -0.05) is 11.6 Å². The average molecular weight is 400 g/mol. The summed E-state index contributed by atoms with van der Waals surface area (Å²) in [6.45, 7) is 5.01. The highest BCUT2D eigenvalue weighted by atomic mass is 35.5. The average Bonchev–Trinajstić information content (AvgIpc) is 2.54. The van der Waals surface area contributed by atoms with Crippen molar-refractivity contribution in [3.63, 3.8) is 0 Å². The molecule has 1 aliphatic heterocycles. The standard InChI is InChI=1S/C17H19ClFN3O3S/c1-11-9-22(10-12(2)25-11)16-5-3-13(7-15(16)19)21-26(23,24)14-4-6-17(18)20-8-14/h3-8,11-12,21H,9-10H2,1-2H3/t11-,12+. The van der Waals surface area contributed by atoms with Gasteiger partial charge in [0, 0.05) is 25.4 Å². The minimum absolute atomic E-state index is 0.00580. The predicted octanol–water partition coefficient (Wildman–Crippen LogP) is 3.29. The highest BCUT2D eigenvalue weighted by Crippen LogP contribution is 2.27. The summed E-state index contributed by atoms with van der Waals surface area (Å²) in [5.41, 5.74) is 0.554. The molecule has 0 bridgehead atoms. The molecule has 0 radical (unpaired) electrons. The Morgan fingerprint density at radius 3 is 2.50 bits per heavy atom. The van der Waals surface area contributed by atoms with Crippen molar-refractivity contribution in [3.8, 4) is 0 Å². The quantitative estimate of drug-likeness (QED) is 0.799. The van der Waals surface area contributed by atoms with E-state index in [4.69, 9.17) is 16.3 Å². The molecule has 26 heavy (non-hydrogen) atoms. The molecule has 3 rings (SSSR count). The number of anilines is 2. The van der Waals surface area contributed by atoms with E-state index in [-0.39, 0.29) is 27.9 Å². The highest BCUT2D eigenvalue weighted by molar-refractivity contribution is 7.92. The lowest BCUT2D eigenvalue weighted by Crippen LogP contribution is -2.45. The maximum atomic E-state index is 14.6. The molecular weight excluding hydrogens is 381 g/mol. The van der Waals surface area contributed by atoms with Crippen LogP contribution in [0.25, 0.3) is 0 Å². The van der Waals surface area contributed by atoms with Crippen LogP contribution in [0.15, 0.2) is 41.4 Å². The first-order valence-electron chi connectivity index (χ1n) is 8.09. The fraction of sp³-hybridized carbons (Fsp3) is 0.353. The third kappa shape index (κ3) is 4.25. The highest BCUT2D eigenvalue weighted by Gasteiger charge is 2.24. The van der Waals surface area contributed by atoms with E-state index >= 15 is 0 Å². The third-order valence-corrected chi connectivity index (χ3v) is 5.56. The summed E-state index contributed by atoms with van der Waals surface area (Å²) in [7, 11) is -3.87. The lowest BCUT2D eigenvalue weighted by Gasteiger charge is -2.37. The van der Waals surface area contributed by atoms with Crippen LogP contribution in [0.2, 0.25) is 5.15 Å². The first-order valence-corrected chi connectivity index (χ1v) is 9.95. The first-order chi connectivity index (χ1) is 12.2. The van der Waals surface area contributed by atoms with Crippen molar-refractivity contribution >= 4 is 33.0 Å². The van der Waals surface area contributed by atoms with E-state index in [1.807, 2.05) is 18.7 Å². The Labute approximate surface area is 157 Å². The van der Waals surface area contributed by atoms with Gasteiger partial charge in [0.05, 0.1) is 23.6 Å². The van der Waals surface area contributed by atoms with Gasteiger partial charge in [0.2, 0.25) is 0 Å². The van der Waals surface area contributed by atoms with Crippen LogP contribution in [0.4, 0.5) is 15.8 Å². The molecule has 6 nitrogen and oxygen atoms in total. The molecule has 1 aromatic heterocycles. The van der Waals surface area contributed by atoms with Crippen molar-refractivity contribution < 1.29 is 17.5 Å². The zero-order chi connectivity index (χ0) is 18.9. The normalized spacial score (nSPS) is 20.8. The van der Waals surface area contributed by atoms with Gasteiger partial charge in [0.1, 0.15) is 15.9 Å². The van der Waals surface area contributed by atoms with E-state index < -0.39 is 15.8 Å². The Bertz CT molecular complexity index is 883. The molecule has 1 saturated heterocycles. The number of ether oxygens (including phenoxy) is 1. The number of pyridine rings is 1. The molecule has 0 amide bonds. The van der Waals surface area contributed by atoms with Gasteiger partial charge in [-0.05, 0) is 38.1 Å². The molecular formula is C17H19ClFN3O3S. The lowest BCUT2D eigenvalue weighted by molar-refractivity contribution is -0.00539. The molecule has 0 aliphatic carbocycles. The Hall–Kier alpha value is -1.90. The molecule has 140 valence electrons. The van der Waals surface area contributed by atoms with E-state index in [1.54, 1.807) is 6.07 Å². The Morgan fingerprint density at radius 1 is 1.23 bits per heavy atom. The van der Waals surface area contributed by atoms with Crippen LogP contribution in [0.3, 0.4) is 0 Å². The Morgan fingerprint density at radius 2 is 1.92 bits per heavy atom. The van der Waals surface area contributed by atoms with E-state index in [0.29, 0.717) is 18.8 Å². The molecule has 0 saturated carbocycles. The fourth-order valence-electron chi connectivity index (χ4n) is 2.94. The molecule has 1 aromatic carbocycles. The van der Waals surface area contributed by atoms with Gasteiger partial charge in [-0.15, -0.1) is 0 Å². The summed E-state index contributed by atoms with van der Waals surface area (Å²) in [6.07, 6.45) is 1.13. The minimum Gasteiger partial charge on any atom is -0.372 e. The second-order valence-electron chi connectivity index (χ2n) is 6.25. The van der Waals surface area contributed by atoms with E-state index in [1.165, 1.54) is 24.3 Å². The van der Waals surface area contributed by atoms with Gasteiger partial charge >= 0.3 is 0 Å². The number of rotatable bonds is 4. The SMILES string of the molecule is C[C@@H]1CN(c2ccc(NS(=O)(=O)c3ccc(Cl)nc3)cc2F)C[C@H](C)O1. The molecule has 1 aliphatic rings. The number of halogens is 2. The van der Waals surface area contributed by atoms with E-state index in [2.05, 4.69) is 9.71 Å². The largest absolute Gasteiger partial charge is 0.372 e. The van der Waals surface area contributed by atoms with Crippen LogP contribution in [-0.2, 0) is 14.8 Å². The Kier molecular flexibility index (Phi) is 5.36. The molecule has 0 spiro atoms. The molecule has 2 atom stereocenters. The number of morpholine rings is 1. The van der Waals surface area contributed by atoms with Crippen molar-refractivity contribution in [2.45, 2.75) is 31.0 Å². The maximum Gasteiger partial charge on any atom is 0.263 e. The van der Waals surface area contributed by atoms with Gasteiger partial charge in [0.15, 0.2) is 0 Å². The Balaban J connectivity index is 1.80. The molecule has 2 aromatic rings. The smallest absolute Gasteiger partial charge is 0.263 e. The van der Waals surface area contributed by atoms with E-state index in [9.17, 15) is 12.8 Å². The van der Waals surface area contributed by atoms with Crippen LogP contribution in [0.1, 0.15) is 13.8 Å². The van der Waals surface area contributed by atoms with Crippen LogP contribution in [-0.4, -0.2) is 38.7 Å². The summed E-state index contributed by atoms with van der Waals surface area (Å²) in [5, 5.41) is 0.188. The number of nitrogens with zero attached hydrogens (tertiary/aromatic N) is 2. The molecule has 2 heterocycles. The van der Waals surface area contributed by atoms with Gasteiger partial charge in [-0.3, -0.25) is 4.72 Å². The molecule has 9 heteroatoms. The summed E-state index contributed by atoms with van der Waals surface area (Å²) in [4.78, 5) is 5.59. The van der Waals surface area contributed by atoms with Crippen molar-refractivity contribution in [1.29, 1.82) is 0 Å². The summed E-state index contributed by atoms with van der Waals surface area (Å²) >= 11 is 5.66. The zero-order valence-corrected chi connectivity index (χ0v) is 15.9. The second-order valence-corrected chi connectivity index (χ2v) is 8.32. The minimum atomic E-state index is -3.87. The maximum absolute atomic E-state index is 14.6. The first kappa shape index (κ1) is 18.9. The third-order valence-electron chi connectivity index (χ3n) is 3.97. The number of hydrogen-bond donors (Lipinski definition) is 1. The predicted molar refractivity (Wildman–Crippen MR) is 98.7 cm³/mol. The van der Waals surface area contributed by atoms with Crippen LogP contribution < -0.4 is 9.62 Å². The topological polar surface area (TPSA) is 71.5 Å². The van der Waals surface area contributed by atoms with Crippen molar-refractivity contribution in [1.82, 2.24) is 4.98 Å². The van der Waals surface area contributed by atoms with Crippen molar-refractivity contribution in [2.24, 2.45) is 0 Å². The van der Waals surface area contributed by atoms with Crippen LogP contribution in [0.5, 0.6) is 0 Å². The van der Waals surface area contributed by atoms with Gasteiger partial charge in [0.25, 0.3) is 10.0 Å². The van der Waals surface area contributed by atoms with E-state index in [0.717, 1.165) is 6.20 Å². The van der Waals surface area contributed by atoms with Crippen molar-refractivity contribution in [3.05, 3.63) is 47.5 Å². The molecule has 1 fully saturated rings. The summed E-state index contributed by atoms with van der Waals surface area (Å²) in [5.74, 6) is -0.499. The number of nitrogens with one attached hydrogen (secondary N) is 1. The molecule has 1 N–H and O–H groups in total. The van der Waals surface area contributed by atoms with Crippen LogP contribution in [0, 0.1) is 5.82 Å².